The molecule has 0 aliphatic rings. The van der Waals surface area contributed by atoms with Crippen LogP contribution in [0.15, 0.2) is 54.9 Å². The Kier molecular flexibility index (Phi) is 3.36. The lowest BCUT2D eigenvalue weighted by molar-refractivity contribution is -0.567. The third kappa shape index (κ3) is 2.14. The number of halogens is 2. The van der Waals surface area contributed by atoms with E-state index in [4.69, 9.17) is 11.6 Å². The van der Waals surface area contributed by atoms with Crippen molar-refractivity contribution in [3.63, 3.8) is 0 Å². The lowest BCUT2D eigenvalue weighted by Gasteiger charge is -1.97. The van der Waals surface area contributed by atoms with Gasteiger partial charge in [-0.2, -0.15) is 4.57 Å². The second kappa shape index (κ2) is 4.78. The predicted molar refractivity (Wildman–Crippen MR) is 64.8 cm³/mol. The topological polar surface area (TPSA) is 19.7 Å². The maximum Gasteiger partial charge on any atom is 0.247 e. The average molecular weight is 265 g/mol. The molecule has 0 saturated carbocycles. The molecule has 1 N–H and O–H groups in total. The van der Waals surface area contributed by atoms with E-state index >= 15 is 0 Å². The number of nitrogens with one attached hydrogen (secondary N) is 1. The van der Waals surface area contributed by atoms with Gasteiger partial charge in [0.1, 0.15) is 5.69 Å². The van der Waals surface area contributed by atoms with Crippen LogP contribution in [0.5, 0.6) is 0 Å². The molecule has 0 aliphatic carbocycles. The van der Waals surface area contributed by atoms with Crippen molar-refractivity contribution in [2.45, 2.75) is 0 Å². The fraction of sp³-hybridized carbons (Fsp3) is 0. The Morgan fingerprint density at radius 3 is 2.65 bits per heavy atom. The lowest BCUT2D eigenvalue weighted by atomic mass is 10.3. The fourth-order valence-electron chi connectivity index (χ4n) is 1.85. The number of hydrogen-bond donors (Lipinski definition) is 1. The van der Waals surface area contributed by atoms with Crippen LogP contribution in [-0.4, -0.2) is 4.98 Å². The highest BCUT2D eigenvalue weighted by Gasteiger charge is 2.10. The number of rotatable bonds is 1. The SMILES string of the molecule is Clc1cccc(-[n+]2c[nH]c3ccccc32)c1.[Cl-]. The molecule has 0 aliphatic heterocycles. The Balaban J connectivity index is 0.00000108. The molecule has 2 aromatic carbocycles. The largest absolute Gasteiger partial charge is 1.00 e. The van der Waals surface area contributed by atoms with Crippen molar-refractivity contribution in [2.75, 3.05) is 0 Å². The Bertz CT molecular complexity index is 646. The van der Waals surface area contributed by atoms with Crippen LogP contribution in [0.25, 0.3) is 16.7 Å². The van der Waals surface area contributed by atoms with Crippen LogP contribution in [0.1, 0.15) is 0 Å². The highest BCUT2D eigenvalue weighted by molar-refractivity contribution is 6.30. The highest BCUT2D eigenvalue weighted by atomic mass is 35.5. The van der Waals surface area contributed by atoms with Crippen LogP contribution in [0.4, 0.5) is 0 Å². The predicted octanol–water partition coefficient (Wildman–Crippen LogP) is 0.102. The van der Waals surface area contributed by atoms with E-state index in [9.17, 15) is 0 Å². The number of imidazole rings is 1. The maximum atomic E-state index is 5.99. The number of aromatic nitrogens is 2. The fourth-order valence-corrected chi connectivity index (χ4v) is 2.03. The Labute approximate surface area is 110 Å². The summed E-state index contributed by atoms with van der Waals surface area (Å²) in [5.74, 6) is 0. The van der Waals surface area contributed by atoms with Crippen molar-refractivity contribution in [1.29, 1.82) is 0 Å². The minimum Gasteiger partial charge on any atom is -1.00 e. The van der Waals surface area contributed by atoms with Crippen LogP contribution < -0.4 is 17.0 Å². The maximum absolute atomic E-state index is 5.99. The van der Waals surface area contributed by atoms with Crippen molar-refractivity contribution < 1.29 is 17.0 Å². The molecule has 0 unspecified atom stereocenters. The number of nitrogens with zero attached hydrogens (tertiary/aromatic N) is 1. The Morgan fingerprint density at radius 1 is 1.00 bits per heavy atom. The van der Waals surface area contributed by atoms with Gasteiger partial charge in [-0.25, -0.2) is 4.98 Å². The van der Waals surface area contributed by atoms with Crippen LogP contribution in [0, 0.1) is 0 Å². The number of para-hydroxylation sites is 2. The number of fused-ring (bicyclic) bond motifs is 1. The monoisotopic (exact) mass is 264 g/mol. The first-order valence-electron chi connectivity index (χ1n) is 5.08. The zero-order chi connectivity index (χ0) is 11.0. The van der Waals surface area contributed by atoms with Crippen LogP contribution in [0.2, 0.25) is 5.02 Å². The number of aromatic amines is 1. The molecule has 1 aromatic heterocycles. The Morgan fingerprint density at radius 2 is 1.82 bits per heavy atom. The summed E-state index contributed by atoms with van der Waals surface area (Å²) in [4.78, 5) is 3.23. The van der Waals surface area contributed by atoms with Crippen LogP contribution in [0.3, 0.4) is 0 Å². The van der Waals surface area contributed by atoms with Crippen LogP contribution >= 0.6 is 11.6 Å². The van der Waals surface area contributed by atoms with Gasteiger partial charge in [-0.15, -0.1) is 0 Å². The first-order chi connectivity index (χ1) is 7.84. The lowest BCUT2D eigenvalue weighted by Crippen LogP contribution is -3.00. The summed E-state index contributed by atoms with van der Waals surface area (Å²) in [7, 11) is 0. The quantitative estimate of drug-likeness (QED) is 0.602. The van der Waals surface area contributed by atoms with Gasteiger partial charge in [0.25, 0.3) is 0 Å². The molecular weight excluding hydrogens is 255 g/mol. The second-order valence-electron chi connectivity index (χ2n) is 3.64. The molecule has 0 atom stereocenters. The van der Waals surface area contributed by atoms with Crippen molar-refractivity contribution in [3.8, 4) is 5.69 Å². The van der Waals surface area contributed by atoms with Crippen LogP contribution in [-0.2, 0) is 0 Å². The minimum atomic E-state index is 0. The van der Waals surface area contributed by atoms with Gasteiger partial charge in [-0.3, -0.25) is 0 Å². The van der Waals surface area contributed by atoms with E-state index in [1.807, 2.05) is 42.7 Å². The smallest absolute Gasteiger partial charge is 0.247 e. The molecule has 17 heavy (non-hydrogen) atoms. The molecule has 1 heterocycles. The van der Waals surface area contributed by atoms with E-state index in [0.29, 0.717) is 0 Å². The second-order valence-corrected chi connectivity index (χ2v) is 4.08. The summed E-state index contributed by atoms with van der Waals surface area (Å²) < 4.78 is 2.08. The van der Waals surface area contributed by atoms with Gasteiger partial charge in [0, 0.05) is 11.1 Å². The van der Waals surface area contributed by atoms with Crippen molar-refractivity contribution >= 4 is 22.6 Å². The molecule has 0 radical (unpaired) electrons. The van der Waals surface area contributed by atoms with Gasteiger partial charge < -0.3 is 12.4 Å². The molecule has 3 rings (SSSR count). The van der Waals surface area contributed by atoms with Crippen molar-refractivity contribution in [1.82, 2.24) is 4.98 Å². The van der Waals surface area contributed by atoms with Gasteiger partial charge in [0.15, 0.2) is 11.0 Å². The summed E-state index contributed by atoms with van der Waals surface area (Å²) in [6.45, 7) is 0. The zero-order valence-electron chi connectivity index (χ0n) is 8.90. The molecule has 0 spiro atoms. The summed E-state index contributed by atoms with van der Waals surface area (Å²) >= 11 is 5.99. The van der Waals surface area contributed by atoms with Crippen molar-refractivity contribution in [3.05, 3.63) is 59.9 Å². The molecular formula is C13H10Cl2N2. The van der Waals surface area contributed by atoms with Gasteiger partial charge in [-0.1, -0.05) is 29.8 Å². The van der Waals surface area contributed by atoms with E-state index in [1.54, 1.807) is 0 Å². The molecule has 0 bridgehead atoms. The molecule has 4 heteroatoms. The minimum absolute atomic E-state index is 0. The normalized spacial score (nSPS) is 10.2. The van der Waals surface area contributed by atoms with E-state index in [1.165, 1.54) is 0 Å². The number of benzene rings is 2. The molecule has 0 saturated heterocycles. The third-order valence-corrected chi connectivity index (χ3v) is 2.83. The van der Waals surface area contributed by atoms with Crippen molar-refractivity contribution in [2.24, 2.45) is 0 Å². The molecule has 3 aromatic rings. The van der Waals surface area contributed by atoms with Gasteiger partial charge in [-0.05, 0) is 24.3 Å². The first-order valence-corrected chi connectivity index (χ1v) is 5.46. The molecule has 2 nitrogen and oxygen atoms in total. The molecule has 86 valence electrons. The van der Waals surface area contributed by atoms with E-state index in [-0.39, 0.29) is 12.4 Å². The standard InChI is InChI=1S/C13H9ClN2.ClH/c14-10-4-3-5-11(8-10)16-9-15-12-6-1-2-7-13(12)16;/h1-9H;1H. The summed E-state index contributed by atoms with van der Waals surface area (Å²) in [5, 5.41) is 0.746. The molecule has 0 fully saturated rings. The number of hydrogen-bond acceptors (Lipinski definition) is 0. The van der Waals surface area contributed by atoms with E-state index in [2.05, 4.69) is 21.7 Å². The van der Waals surface area contributed by atoms with Gasteiger partial charge in [0.2, 0.25) is 6.33 Å². The third-order valence-electron chi connectivity index (χ3n) is 2.60. The Hall–Kier alpha value is -1.51. The summed E-state index contributed by atoms with van der Waals surface area (Å²) in [6.07, 6.45) is 1.94. The van der Waals surface area contributed by atoms with E-state index < -0.39 is 0 Å². The zero-order valence-corrected chi connectivity index (χ0v) is 10.4. The van der Waals surface area contributed by atoms with Gasteiger partial charge in [0.05, 0.1) is 0 Å². The highest BCUT2D eigenvalue weighted by Crippen LogP contribution is 2.13. The molecule has 0 amide bonds. The number of H-pyrrole nitrogens is 1. The first kappa shape index (κ1) is 12.0. The average Bonchev–Trinajstić information content (AvgIpc) is 2.72. The van der Waals surface area contributed by atoms with E-state index in [0.717, 1.165) is 21.7 Å². The summed E-state index contributed by atoms with van der Waals surface area (Å²) in [5.41, 5.74) is 3.32. The van der Waals surface area contributed by atoms with Gasteiger partial charge >= 0.3 is 0 Å². The summed E-state index contributed by atoms with van der Waals surface area (Å²) in [6, 6.07) is 16.0.